The van der Waals surface area contributed by atoms with E-state index in [1.165, 1.54) is 19.2 Å². The lowest BCUT2D eigenvalue weighted by atomic mass is 9.77. The van der Waals surface area contributed by atoms with Gasteiger partial charge in [0.2, 0.25) is 5.82 Å². The van der Waals surface area contributed by atoms with Crippen LogP contribution in [0.15, 0.2) is 24.5 Å². The zero-order valence-electron chi connectivity index (χ0n) is 15.1. The third-order valence-corrected chi connectivity index (χ3v) is 5.43. The normalized spacial score (nSPS) is 28.6. The van der Waals surface area contributed by atoms with Crippen molar-refractivity contribution in [3.8, 4) is 5.75 Å². The number of benzene rings is 1. The van der Waals surface area contributed by atoms with Crippen molar-refractivity contribution in [2.75, 3.05) is 7.11 Å². The Morgan fingerprint density at radius 3 is 2.44 bits per heavy atom. The number of ether oxygens (including phenoxy) is 2. The van der Waals surface area contributed by atoms with Gasteiger partial charge in [-0.2, -0.15) is 17.6 Å². The van der Waals surface area contributed by atoms with Crippen molar-refractivity contribution >= 4 is 0 Å². The van der Waals surface area contributed by atoms with Gasteiger partial charge in [-0.15, -0.1) is 0 Å². The standard InChI is InChI=1S/C18H19F5N2O2/c1-9-12(10-5-6-11(19)13(20)14(10)26-4)15(16-24-7-8-25(16)3)27-17(9,2)18(21,22)23/h5-9,12,15H,1-4H3/t9-,12-,15+,17+/m0/s1. The van der Waals surface area contributed by atoms with E-state index < -0.39 is 47.1 Å². The van der Waals surface area contributed by atoms with Gasteiger partial charge in [0.1, 0.15) is 11.9 Å². The van der Waals surface area contributed by atoms with Gasteiger partial charge in [-0.05, 0) is 13.0 Å². The summed E-state index contributed by atoms with van der Waals surface area (Å²) in [5.41, 5.74) is -2.39. The molecule has 1 aromatic heterocycles. The maximum absolute atomic E-state index is 14.2. The molecule has 0 radical (unpaired) electrons. The van der Waals surface area contributed by atoms with Gasteiger partial charge in [-0.3, -0.25) is 0 Å². The molecule has 3 rings (SSSR count). The van der Waals surface area contributed by atoms with Crippen molar-refractivity contribution in [2.45, 2.75) is 37.6 Å². The van der Waals surface area contributed by atoms with Gasteiger partial charge in [-0.25, -0.2) is 9.37 Å². The third-order valence-electron chi connectivity index (χ3n) is 5.43. The first kappa shape index (κ1) is 19.6. The second-order valence-corrected chi connectivity index (χ2v) is 6.84. The molecular weight excluding hydrogens is 371 g/mol. The molecule has 1 aliphatic rings. The summed E-state index contributed by atoms with van der Waals surface area (Å²) in [4.78, 5) is 4.11. The minimum atomic E-state index is -4.67. The van der Waals surface area contributed by atoms with Gasteiger partial charge in [0.15, 0.2) is 17.2 Å². The summed E-state index contributed by atoms with van der Waals surface area (Å²) in [5, 5.41) is 0. The predicted molar refractivity (Wildman–Crippen MR) is 86.3 cm³/mol. The van der Waals surface area contributed by atoms with Crippen LogP contribution in [-0.2, 0) is 11.8 Å². The fourth-order valence-electron chi connectivity index (χ4n) is 3.69. The number of rotatable bonds is 3. The molecule has 4 atom stereocenters. The Morgan fingerprint density at radius 1 is 1.26 bits per heavy atom. The highest BCUT2D eigenvalue weighted by atomic mass is 19.4. The zero-order chi connectivity index (χ0) is 20.1. The molecule has 2 heterocycles. The van der Waals surface area contributed by atoms with Crippen molar-refractivity contribution in [1.29, 1.82) is 0 Å². The molecule has 4 nitrogen and oxygen atoms in total. The van der Waals surface area contributed by atoms with E-state index in [0.29, 0.717) is 0 Å². The van der Waals surface area contributed by atoms with Crippen LogP contribution in [0.3, 0.4) is 0 Å². The minimum absolute atomic E-state index is 0.102. The average Bonchev–Trinajstić information content (AvgIpc) is 3.12. The second kappa shape index (κ2) is 6.47. The number of hydrogen-bond donors (Lipinski definition) is 0. The van der Waals surface area contributed by atoms with E-state index in [4.69, 9.17) is 9.47 Å². The molecule has 0 spiro atoms. The van der Waals surface area contributed by atoms with Crippen LogP contribution in [0, 0.1) is 17.6 Å². The van der Waals surface area contributed by atoms with Crippen LogP contribution in [-0.4, -0.2) is 28.4 Å². The topological polar surface area (TPSA) is 36.3 Å². The number of hydrogen-bond acceptors (Lipinski definition) is 3. The zero-order valence-corrected chi connectivity index (χ0v) is 15.1. The summed E-state index contributed by atoms with van der Waals surface area (Å²) in [5.74, 6) is -4.64. The molecule has 0 saturated carbocycles. The lowest BCUT2D eigenvalue weighted by Crippen LogP contribution is -2.46. The average molecular weight is 390 g/mol. The quantitative estimate of drug-likeness (QED) is 0.723. The van der Waals surface area contributed by atoms with Crippen molar-refractivity contribution in [3.05, 3.63) is 47.5 Å². The van der Waals surface area contributed by atoms with Gasteiger partial charge in [0.05, 0.1) is 7.11 Å². The lowest BCUT2D eigenvalue weighted by Gasteiger charge is -2.32. The molecule has 1 aromatic carbocycles. The minimum Gasteiger partial charge on any atom is -0.493 e. The van der Waals surface area contributed by atoms with Crippen molar-refractivity contribution in [3.63, 3.8) is 0 Å². The fraction of sp³-hybridized carbons (Fsp3) is 0.500. The van der Waals surface area contributed by atoms with Gasteiger partial charge in [0.25, 0.3) is 0 Å². The van der Waals surface area contributed by atoms with Crippen LogP contribution < -0.4 is 4.74 Å². The first-order valence-electron chi connectivity index (χ1n) is 8.26. The van der Waals surface area contributed by atoms with Crippen LogP contribution in [0.2, 0.25) is 0 Å². The number of halogens is 5. The summed E-state index contributed by atoms with van der Waals surface area (Å²) >= 11 is 0. The highest BCUT2D eigenvalue weighted by molar-refractivity contribution is 5.41. The molecule has 1 aliphatic heterocycles. The number of aryl methyl sites for hydroxylation is 1. The van der Waals surface area contributed by atoms with Crippen LogP contribution >= 0.6 is 0 Å². The maximum Gasteiger partial charge on any atom is 0.417 e. The molecule has 0 aliphatic carbocycles. The summed E-state index contributed by atoms with van der Waals surface area (Å²) in [6.45, 7) is 2.34. The van der Waals surface area contributed by atoms with Crippen LogP contribution in [0.5, 0.6) is 5.75 Å². The molecule has 1 fully saturated rings. The maximum atomic E-state index is 14.2. The number of nitrogens with zero attached hydrogens (tertiary/aromatic N) is 2. The van der Waals surface area contributed by atoms with Gasteiger partial charge in [0, 0.05) is 36.8 Å². The largest absolute Gasteiger partial charge is 0.493 e. The Kier molecular flexibility index (Phi) is 4.70. The van der Waals surface area contributed by atoms with E-state index in [2.05, 4.69) is 4.98 Å². The van der Waals surface area contributed by atoms with E-state index in [1.807, 2.05) is 0 Å². The van der Waals surface area contributed by atoms with E-state index in [9.17, 15) is 22.0 Å². The summed E-state index contributed by atoms with van der Waals surface area (Å²) < 4.78 is 81.3. The summed E-state index contributed by atoms with van der Waals surface area (Å²) in [7, 11) is 2.76. The molecule has 0 unspecified atom stereocenters. The van der Waals surface area contributed by atoms with E-state index in [-0.39, 0.29) is 11.4 Å². The first-order valence-corrected chi connectivity index (χ1v) is 8.26. The first-order chi connectivity index (χ1) is 12.5. The smallest absolute Gasteiger partial charge is 0.417 e. The van der Waals surface area contributed by atoms with E-state index in [0.717, 1.165) is 20.1 Å². The molecule has 0 bridgehead atoms. The van der Waals surface area contributed by atoms with Gasteiger partial charge >= 0.3 is 6.18 Å². The number of imidazole rings is 1. The molecule has 0 amide bonds. The SMILES string of the molecule is COc1c([C@H]2[C@H](c3nccn3C)O[C@@](C)(C(F)(F)F)[C@H]2C)ccc(F)c1F. The molecule has 9 heteroatoms. The van der Waals surface area contributed by atoms with Crippen LogP contribution in [0.1, 0.15) is 37.3 Å². The lowest BCUT2D eigenvalue weighted by molar-refractivity contribution is -0.275. The fourth-order valence-corrected chi connectivity index (χ4v) is 3.69. The Labute approximate surface area is 152 Å². The number of alkyl halides is 3. The highest BCUT2D eigenvalue weighted by Crippen LogP contribution is 2.59. The summed E-state index contributed by atoms with van der Waals surface area (Å²) in [6.07, 6.45) is -2.78. The van der Waals surface area contributed by atoms with Gasteiger partial charge < -0.3 is 14.0 Å². The highest BCUT2D eigenvalue weighted by Gasteiger charge is 2.65. The van der Waals surface area contributed by atoms with Crippen LogP contribution in [0.25, 0.3) is 0 Å². The molecule has 1 saturated heterocycles. The van der Waals surface area contributed by atoms with E-state index >= 15 is 0 Å². The third kappa shape index (κ3) is 2.88. The second-order valence-electron chi connectivity index (χ2n) is 6.84. The molecule has 2 aromatic rings. The Bertz CT molecular complexity index is 851. The van der Waals surface area contributed by atoms with Gasteiger partial charge in [-0.1, -0.05) is 13.0 Å². The Balaban J connectivity index is 2.22. The molecule has 0 N–H and O–H groups in total. The molecule has 148 valence electrons. The van der Waals surface area contributed by atoms with Crippen LogP contribution in [0.4, 0.5) is 22.0 Å². The van der Waals surface area contributed by atoms with Crippen molar-refractivity contribution in [1.82, 2.24) is 9.55 Å². The van der Waals surface area contributed by atoms with E-state index in [1.54, 1.807) is 17.8 Å². The Hall–Kier alpha value is -2.16. The predicted octanol–water partition coefficient (Wildman–Crippen LogP) is 4.52. The molecule has 27 heavy (non-hydrogen) atoms. The Morgan fingerprint density at radius 2 is 1.93 bits per heavy atom. The van der Waals surface area contributed by atoms with Crippen molar-refractivity contribution < 1.29 is 31.4 Å². The van der Waals surface area contributed by atoms with Crippen molar-refractivity contribution in [2.24, 2.45) is 13.0 Å². The molecular formula is C18H19F5N2O2. The summed E-state index contributed by atoms with van der Waals surface area (Å²) in [6, 6.07) is 2.11. The number of methoxy groups -OCH3 is 1. The number of aromatic nitrogens is 2. The monoisotopic (exact) mass is 390 g/mol.